The van der Waals surface area contributed by atoms with E-state index in [2.05, 4.69) is 15.4 Å². The van der Waals surface area contributed by atoms with E-state index in [0.29, 0.717) is 34.9 Å². The maximum atomic E-state index is 13.6. The SMILES string of the molecule is CCCCOC(=O)n1cccc1-c1ccc2nc(-c3ccc(C(F)(F)F)c(NC(=O)C(C)(C)C)c3)cn2n1. The molecule has 0 aliphatic heterocycles. The minimum absolute atomic E-state index is 0.315. The summed E-state index contributed by atoms with van der Waals surface area (Å²) in [6, 6.07) is 10.3. The Morgan fingerprint density at radius 2 is 1.82 bits per heavy atom. The summed E-state index contributed by atoms with van der Waals surface area (Å²) in [5.74, 6) is -0.544. The first-order chi connectivity index (χ1) is 17.9. The molecule has 0 saturated carbocycles. The van der Waals surface area contributed by atoms with Crippen LogP contribution in [0.5, 0.6) is 0 Å². The number of anilines is 1. The number of hydrogen-bond acceptors (Lipinski definition) is 5. The second-order valence-electron chi connectivity index (χ2n) is 9.84. The van der Waals surface area contributed by atoms with Crippen LogP contribution in [0.1, 0.15) is 46.1 Å². The standard InChI is InChI=1S/C27H28F3N5O3/c1-5-6-14-38-25(37)34-13-7-8-22(34)19-11-12-23-31-21(16-35(23)33-19)17-9-10-18(27(28,29)30)20(15-17)32-24(36)26(2,3)4/h7-13,15-16H,5-6,14H2,1-4H3,(H,32,36). The van der Waals surface area contributed by atoms with E-state index in [1.807, 2.05) is 6.92 Å². The minimum atomic E-state index is -4.65. The molecule has 0 bridgehead atoms. The van der Waals surface area contributed by atoms with Crippen LogP contribution in [0.3, 0.4) is 0 Å². The number of aromatic nitrogens is 4. The highest BCUT2D eigenvalue weighted by molar-refractivity contribution is 5.96. The van der Waals surface area contributed by atoms with Crippen LogP contribution in [-0.4, -0.2) is 37.8 Å². The Morgan fingerprint density at radius 1 is 1.05 bits per heavy atom. The fourth-order valence-electron chi connectivity index (χ4n) is 3.64. The molecule has 0 fully saturated rings. The number of carbonyl (C=O) groups is 2. The Hall–Kier alpha value is -4.15. The van der Waals surface area contributed by atoms with Crippen molar-refractivity contribution >= 4 is 23.3 Å². The van der Waals surface area contributed by atoms with E-state index in [-0.39, 0.29) is 5.69 Å². The van der Waals surface area contributed by atoms with E-state index in [0.717, 1.165) is 18.9 Å². The van der Waals surface area contributed by atoms with Crippen LogP contribution < -0.4 is 5.32 Å². The molecular weight excluding hydrogens is 499 g/mol. The summed E-state index contributed by atoms with van der Waals surface area (Å²) < 4.78 is 49.1. The maximum absolute atomic E-state index is 13.6. The molecule has 0 saturated heterocycles. The average Bonchev–Trinajstić information content (AvgIpc) is 3.49. The zero-order valence-corrected chi connectivity index (χ0v) is 21.5. The summed E-state index contributed by atoms with van der Waals surface area (Å²) in [6.07, 6.45) is -0.345. The Bertz CT molecular complexity index is 1480. The Balaban J connectivity index is 1.68. The number of halogens is 3. The molecule has 4 rings (SSSR count). The summed E-state index contributed by atoms with van der Waals surface area (Å²) in [4.78, 5) is 29.4. The van der Waals surface area contributed by atoms with Gasteiger partial charge in [-0.1, -0.05) is 40.2 Å². The normalized spacial score (nSPS) is 12.1. The highest BCUT2D eigenvalue weighted by Gasteiger charge is 2.35. The molecule has 11 heteroatoms. The Morgan fingerprint density at radius 3 is 2.50 bits per heavy atom. The first-order valence-electron chi connectivity index (χ1n) is 12.1. The molecule has 3 aromatic heterocycles. The van der Waals surface area contributed by atoms with Gasteiger partial charge >= 0.3 is 12.3 Å². The highest BCUT2D eigenvalue weighted by Crippen LogP contribution is 2.38. The van der Waals surface area contributed by atoms with Crippen molar-refractivity contribution in [2.45, 2.75) is 46.7 Å². The third kappa shape index (κ3) is 5.71. The van der Waals surface area contributed by atoms with Crippen molar-refractivity contribution < 1.29 is 27.5 Å². The number of nitrogens with zero attached hydrogens (tertiary/aromatic N) is 4. The molecule has 0 spiro atoms. The molecule has 8 nitrogen and oxygen atoms in total. The van der Waals surface area contributed by atoms with E-state index < -0.39 is 29.2 Å². The van der Waals surface area contributed by atoms with Crippen molar-refractivity contribution in [1.29, 1.82) is 0 Å². The predicted molar refractivity (Wildman–Crippen MR) is 137 cm³/mol. The van der Waals surface area contributed by atoms with Gasteiger partial charge in [-0.15, -0.1) is 0 Å². The molecule has 0 atom stereocenters. The summed E-state index contributed by atoms with van der Waals surface area (Å²) in [5, 5.41) is 6.95. The van der Waals surface area contributed by atoms with Gasteiger partial charge in [0.2, 0.25) is 5.91 Å². The molecule has 200 valence electrons. The lowest BCUT2D eigenvalue weighted by Gasteiger charge is -2.20. The summed E-state index contributed by atoms with van der Waals surface area (Å²) in [7, 11) is 0. The van der Waals surface area contributed by atoms with Gasteiger partial charge in [0, 0.05) is 17.2 Å². The van der Waals surface area contributed by atoms with Gasteiger partial charge in [0.1, 0.15) is 5.69 Å². The molecule has 1 amide bonds. The molecule has 0 aliphatic rings. The molecule has 4 aromatic rings. The smallest absolute Gasteiger partial charge is 0.418 e. The van der Waals surface area contributed by atoms with Crippen LogP contribution in [0.2, 0.25) is 0 Å². The van der Waals surface area contributed by atoms with Gasteiger partial charge in [-0.25, -0.2) is 14.3 Å². The van der Waals surface area contributed by atoms with E-state index in [1.165, 1.54) is 21.2 Å². The predicted octanol–water partition coefficient (Wildman–Crippen LogP) is 6.65. The summed E-state index contributed by atoms with van der Waals surface area (Å²) in [6.45, 7) is 7.17. The largest absolute Gasteiger partial charge is 0.449 e. The van der Waals surface area contributed by atoms with Gasteiger partial charge in [0.25, 0.3) is 0 Å². The number of benzene rings is 1. The summed E-state index contributed by atoms with van der Waals surface area (Å²) >= 11 is 0. The number of alkyl halides is 3. The van der Waals surface area contributed by atoms with Gasteiger partial charge < -0.3 is 10.1 Å². The second-order valence-corrected chi connectivity index (χ2v) is 9.84. The van der Waals surface area contributed by atoms with Gasteiger partial charge in [0.05, 0.1) is 35.4 Å². The van der Waals surface area contributed by atoms with Crippen molar-refractivity contribution in [2.75, 3.05) is 11.9 Å². The van der Waals surface area contributed by atoms with E-state index in [9.17, 15) is 22.8 Å². The van der Waals surface area contributed by atoms with E-state index in [4.69, 9.17) is 4.74 Å². The number of hydrogen-bond donors (Lipinski definition) is 1. The number of imidazole rings is 1. The third-order valence-electron chi connectivity index (χ3n) is 5.80. The number of nitrogens with one attached hydrogen (secondary N) is 1. The first kappa shape index (κ1) is 26.9. The van der Waals surface area contributed by atoms with Crippen LogP contribution in [-0.2, 0) is 15.7 Å². The van der Waals surface area contributed by atoms with Crippen LogP contribution in [0.25, 0.3) is 28.3 Å². The highest BCUT2D eigenvalue weighted by atomic mass is 19.4. The van der Waals surface area contributed by atoms with Crippen LogP contribution >= 0.6 is 0 Å². The fourth-order valence-corrected chi connectivity index (χ4v) is 3.64. The topological polar surface area (TPSA) is 90.5 Å². The molecule has 38 heavy (non-hydrogen) atoms. The number of amides is 1. The number of carbonyl (C=O) groups excluding carboxylic acids is 2. The van der Waals surface area contributed by atoms with Crippen LogP contribution in [0, 0.1) is 5.41 Å². The summed E-state index contributed by atoms with van der Waals surface area (Å²) in [5.41, 5.74) is 0.000620. The maximum Gasteiger partial charge on any atom is 0.418 e. The zero-order valence-electron chi connectivity index (χ0n) is 21.5. The monoisotopic (exact) mass is 527 g/mol. The Labute approximate surface area is 217 Å². The third-order valence-corrected chi connectivity index (χ3v) is 5.80. The van der Waals surface area contributed by atoms with E-state index >= 15 is 0 Å². The second kappa shape index (κ2) is 10.3. The first-order valence-corrected chi connectivity index (χ1v) is 12.1. The Kier molecular flexibility index (Phi) is 7.30. The van der Waals surface area contributed by atoms with Crippen molar-refractivity contribution in [3.63, 3.8) is 0 Å². The average molecular weight is 528 g/mol. The number of unbranched alkanes of at least 4 members (excludes halogenated alkanes) is 1. The molecule has 0 aliphatic carbocycles. The van der Waals surface area contributed by atoms with Crippen LogP contribution in [0.15, 0.2) is 54.9 Å². The van der Waals surface area contributed by atoms with E-state index in [1.54, 1.807) is 57.4 Å². The van der Waals surface area contributed by atoms with Gasteiger partial charge in [-0.3, -0.25) is 9.36 Å². The van der Waals surface area contributed by atoms with Gasteiger partial charge in [-0.05, 0) is 42.8 Å². The number of fused-ring (bicyclic) bond motifs is 1. The lowest BCUT2D eigenvalue weighted by atomic mass is 9.95. The lowest BCUT2D eigenvalue weighted by Crippen LogP contribution is -2.28. The minimum Gasteiger partial charge on any atom is -0.449 e. The molecular formula is C27H28F3N5O3. The number of rotatable bonds is 6. The van der Waals surface area contributed by atoms with Crippen molar-refractivity contribution in [2.24, 2.45) is 5.41 Å². The lowest BCUT2D eigenvalue weighted by molar-refractivity contribution is -0.137. The molecule has 1 aromatic carbocycles. The molecule has 0 unspecified atom stereocenters. The zero-order chi connectivity index (χ0) is 27.7. The number of ether oxygens (including phenoxy) is 1. The van der Waals surface area contributed by atoms with Gasteiger partial charge in [-0.2, -0.15) is 18.3 Å². The molecule has 1 N–H and O–H groups in total. The van der Waals surface area contributed by atoms with Gasteiger partial charge in [0.15, 0.2) is 5.65 Å². The van der Waals surface area contributed by atoms with Crippen molar-refractivity contribution in [1.82, 2.24) is 19.2 Å². The van der Waals surface area contributed by atoms with Crippen LogP contribution in [0.4, 0.5) is 23.7 Å². The molecule has 0 radical (unpaired) electrons. The fraction of sp³-hybridized carbons (Fsp3) is 0.333. The molecule has 3 heterocycles. The van der Waals surface area contributed by atoms with Crippen molar-refractivity contribution in [3.8, 4) is 22.6 Å². The van der Waals surface area contributed by atoms with Crippen molar-refractivity contribution in [3.05, 3.63) is 60.4 Å². The quantitative estimate of drug-likeness (QED) is 0.284.